The zero-order valence-electron chi connectivity index (χ0n) is 11.8. The molecule has 3 nitrogen and oxygen atoms in total. The molecule has 0 saturated carbocycles. The first-order valence-electron chi connectivity index (χ1n) is 6.53. The Balaban J connectivity index is 2.41. The Labute approximate surface area is 129 Å². The maximum absolute atomic E-state index is 6.05. The molecule has 1 N–H and O–H groups in total. The van der Waals surface area contributed by atoms with Crippen LogP contribution in [0.15, 0.2) is 18.2 Å². The molecule has 0 aliphatic rings. The first-order valence-corrected chi connectivity index (χ1v) is 7.28. The first kappa shape index (κ1) is 15.2. The number of aryl methyl sites for hydroxylation is 2. The van der Waals surface area contributed by atoms with Crippen LogP contribution in [0.4, 0.5) is 0 Å². The van der Waals surface area contributed by atoms with E-state index in [0.29, 0.717) is 15.9 Å². The molecule has 5 heteroatoms. The van der Waals surface area contributed by atoms with Crippen molar-refractivity contribution >= 4 is 23.2 Å². The highest BCUT2D eigenvalue weighted by Gasteiger charge is 2.10. The summed E-state index contributed by atoms with van der Waals surface area (Å²) in [6.45, 7) is 7.80. The van der Waals surface area contributed by atoms with Crippen molar-refractivity contribution in [1.82, 2.24) is 15.3 Å². The highest BCUT2D eigenvalue weighted by Crippen LogP contribution is 2.27. The lowest BCUT2D eigenvalue weighted by Gasteiger charge is -2.11. The zero-order chi connectivity index (χ0) is 14.7. The van der Waals surface area contributed by atoms with E-state index in [1.807, 2.05) is 19.9 Å². The van der Waals surface area contributed by atoms with Gasteiger partial charge in [-0.3, -0.25) is 0 Å². The van der Waals surface area contributed by atoms with Crippen LogP contribution in [0.5, 0.6) is 0 Å². The molecule has 0 atom stereocenters. The van der Waals surface area contributed by atoms with E-state index in [9.17, 15) is 0 Å². The van der Waals surface area contributed by atoms with Crippen molar-refractivity contribution in [3.05, 3.63) is 45.2 Å². The van der Waals surface area contributed by atoms with Gasteiger partial charge in [-0.25, -0.2) is 9.97 Å². The second-order valence-electron chi connectivity index (χ2n) is 4.61. The van der Waals surface area contributed by atoms with Crippen molar-refractivity contribution < 1.29 is 0 Å². The lowest BCUT2D eigenvalue weighted by Crippen LogP contribution is -2.15. The molecular weight excluding hydrogens is 293 g/mol. The molecule has 0 unspecified atom stereocenters. The molecule has 0 bridgehead atoms. The van der Waals surface area contributed by atoms with Gasteiger partial charge >= 0.3 is 0 Å². The van der Waals surface area contributed by atoms with Crippen LogP contribution in [0, 0.1) is 13.8 Å². The number of nitrogens with zero attached hydrogens (tertiary/aromatic N) is 2. The summed E-state index contributed by atoms with van der Waals surface area (Å²) in [6, 6.07) is 5.44. The number of nitrogens with one attached hydrogen (secondary N) is 1. The van der Waals surface area contributed by atoms with Crippen LogP contribution >= 0.6 is 23.2 Å². The van der Waals surface area contributed by atoms with E-state index < -0.39 is 0 Å². The minimum Gasteiger partial charge on any atom is -0.313 e. The number of halogens is 2. The first-order chi connectivity index (χ1) is 9.52. The van der Waals surface area contributed by atoms with Gasteiger partial charge in [0, 0.05) is 29.1 Å². The molecule has 1 aromatic heterocycles. The highest BCUT2D eigenvalue weighted by molar-refractivity contribution is 6.42. The molecule has 0 amide bonds. The number of hydrogen-bond acceptors (Lipinski definition) is 3. The van der Waals surface area contributed by atoms with Crippen LogP contribution < -0.4 is 5.32 Å². The SMILES string of the molecule is CCNCc1c(C)nc(-c2ccc(Cl)c(Cl)c2)nc1C. The summed E-state index contributed by atoms with van der Waals surface area (Å²) in [4.78, 5) is 9.15. The monoisotopic (exact) mass is 309 g/mol. The van der Waals surface area contributed by atoms with Crippen molar-refractivity contribution in [3.63, 3.8) is 0 Å². The number of benzene rings is 1. The molecule has 2 rings (SSSR count). The fraction of sp³-hybridized carbons (Fsp3) is 0.333. The minimum absolute atomic E-state index is 0.514. The third kappa shape index (κ3) is 3.29. The maximum Gasteiger partial charge on any atom is 0.159 e. The lowest BCUT2D eigenvalue weighted by molar-refractivity contribution is 0.711. The van der Waals surface area contributed by atoms with Gasteiger partial charge in [-0.15, -0.1) is 0 Å². The average Bonchev–Trinajstić information content (AvgIpc) is 2.41. The molecule has 0 aliphatic heterocycles. The van der Waals surface area contributed by atoms with Gasteiger partial charge in [0.2, 0.25) is 0 Å². The second kappa shape index (κ2) is 6.53. The summed E-state index contributed by atoms with van der Waals surface area (Å²) in [5.74, 6) is 0.679. The Bertz CT molecular complexity index is 604. The largest absolute Gasteiger partial charge is 0.313 e. The Morgan fingerprint density at radius 2 is 1.70 bits per heavy atom. The van der Waals surface area contributed by atoms with E-state index >= 15 is 0 Å². The maximum atomic E-state index is 6.05. The normalized spacial score (nSPS) is 10.8. The van der Waals surface area contributed by atoms with Crippen LogP contribution in [0.3, 0.4) is 0 Å². The van der Waals surface area contributed by atoms with Crippen molar-refractivity contribution in [3.8, 4) is 11.4 Å². The number of hydrogen-bond donors (Lipinski definition) is 1. The van der Waals surface area contributed by atoms with Crippen LogP contribution in [0.2, 0.25) is 10.0 Å². The van der Waals surface area contributed by atoms with Crippen molar-refractivity contribution in [2.24, 2.45) is 0 Å². The summed E-state index contributed by atoms with van der Waals surface area (Å²) >= 11 is 12.0. The zero-order valence-corrected chi connectivity index (χ0v) is 13.3. The molecule has 1 aromatic carbocycles. The van der Waals surface area contributed by atoms with Crippen molar-refractivity contribution in [2.45, 2.75) is 27.3 Å². The second-order valence-corrected chi connectivity index (χ2v) is 5.42. The van der Waals surface area contributed by atoms with Gasteiger partial charge in [0.15, 0.2) is 5.82 Å². The van der Waals surface area contributed by atoms with E-state index in [4.69, 9.17) is 23.2 Å². The summed E-state index contributed by atoms with van der Waals surface area (Å²) in [7, 11) is 0. The highest BCUT2D eigenvalue weighted by atomic mass is 35.5. The van der Waals surface area contributed by atoms with E-state index in [2.05, 4.69) is 22.2 Å². The van der Waals surface area contributed by atoms with E-state index in [0.717, 1.165) is 35.6 Å². The van der Waals surface area contributed by atoms with Gasteiger partial charge in [0.05, 0.1) is 10.0 Å². The van der Waals surface area contributed by atoms with Gasteiger partial charge in [-0.1, -0.05) is 30.1 Å². The minimum atomic E-state index is 0.514. The predicted octanol–water partition coefficient (Wildman–Crippen LogP) is 4.18. The standard InChI is InChI=1S/C15H17Cl2N3/c1-4-18-8-12-9(2)19-15(20-10(12)3)11-5-6-13(16)14(17)7-11/h5-7,18H,4,8H2,1-3H3. The molecule has 2 aromatic rings. The Morgan fingerprint density at radius 3 is 2.25 bits per heavy atom. The number of rotatable bonds is 4. The van der Waals surface area contributed by atoms with Crippen molar-refractivity contribution in [1.29, 1.82) is 0 Å². The van der Waals surface area contributed by atoms with Gasteiger partial charge in [-0.05, 0) is 38.6 Å². The number of aromatic nitrogens is 2. The van der Waals surface area contributed by atoms with Gasteiger partial charge < -0.3 is 5.32 Å². The summed E-state index contributed by atoms with van der Waals surface area (Å²) in [6.07, 6.45) is 0. The Kier molecular flexibility index (Phi) is 4.97. The van der Waals surface area contributed by atoms with E-state index in [1.54, 1.807) is 12.1 Å². The van der Waals surface area contributed by atoms with Crippen LogP contribution in [-0.2, 0) is 6.54 Å². The van der Waals surface area contributed by atoms with Crippen molar-refractivity contribution in [2.75, 3.05) is 6.54 Å². The molecule has 1 heterocycles. The Morgan fingerprint density at radius 1 is 1.05 bits per heavy atom. The van der Waals surface area contributed by atoms with Crippen LogP contribution in [0.25, 0.3) is 11.4 Å². The molecule has 0 spiro atoms. The third-order valence-corrected chi connectivity index (χ3v) is 3.89. The summed E-state index contributed by atoms with van der Waals surface area (Å²) in [5.41, 5.74) is 4.00. The van der Waals surface area contributed by atoms with Gasteiger partial charge in [0.1, 0.15) is 0 Å². The lowest BCUT2D eigenvalue weighted by atomic mass is 10.1. The van der Waals surface area contributed by atoms with E-state index in [-0.39, 0.29) is 0 Å². The molecule has 0 fully saturated rings. The molecule has 0 radical (unpaired) electrons. The summed E-state index contributed by atoms with van der Waals surface area (Å²) < 4.78 is 0. The topological polar surface area (TPSA) is 37.8 Å². The quantitative estimate of drug-likeness (QED) is 0.920. The summed E-state index contributed by atoms with van der Waals surface area (Å²) in [5, 5.41) is 4.35. The fourth-order valence-electron chi connectivity index (χ4n) is 2.01. The van der Waals surface area contributed by atoms with Gasteiger partial charge in [-0.2, -0.15) is 0 Å². The molecule has 20 heavy (non-hydrogen) atoms. The van der Waals surface area contributed by atoms with E-state index in [1.165, 1.54) is 0 Å². The molecular formula is C15H17Cl2N3. The molecule has 0 saturated heterocycles. The molecule has 0 aliphatic carbocycles. The fourth-order valence-corrected chi connectivity index (χ4v) is 2.31. The molecule has 106 valence electrons. The predicted molar refractivity (Wildman–Crippen MR) is 84.3 cm³/mol. The average molecular weight is 310 g/mol. The van der Waals surface area contributed by atoms with Crippen LogP contribution in [0.1, 0.15) is 23.9 Å². The van der Waals surface area contributed by atoms with Gasteiger partial charge in [0.25, 0.3) is 0 Å². The third-order valence-electron chi connectivity index (χ3n) is 3.15. The Hall–Kier alpha value is -1.16. The van der Waals surface area contributed by atoms with Crippen LogP contribution in [-0.4, -0.2) is 16.5 Å². The smallest absolute Gasteiger partial charge is 0.159 e.